The van der Waals surface area contributed by atoms with Crippen LogP contribution in [-0.2, 0) is 26.2 Å². The van der Waals surface area contributed by atoms with E-state index in [1.807, 2.05) is 0 Å². The third kappa shape index (κ3) is 8.33. The predicted octanol–water partition coefficient (Wildman–Crippen LogP) is -1.04. The maximum Gasteiger partial charge on any atom is 4.00 e. The van der Waals surface area contributed by atoms with E-state index in [1.54, 1.807) is 0 Å². The van der Waals surface area contributed by atoms with Gasteiger partial charge in [0.2, 0.25) is 0 Å². The first-order chi connectivity index (χ1) is 7.69. The number of hydrogen-bond donors (Lipinski definition) is 0. The second kappa shape index (κ2) is 13.4. The Morgan fingerprint density at radius 3 is 1.26 bits per heavy atom. The Hall–Kier alpha value is 0.423. The van der Waals surface area contributed by atoms with Crippen LogP contribution < -0.4 is 24.8 Å². The summed E-state index contributed by atoms with van der Waals surface area (Å²) in [4.78, 5) is 0. The van der Waals surface area contributed by atoms with Gasteiger partial charge in [0.15, 0.2) is 0 Å². The molecule has 0 radical (unpaired) electrons. The van der Waals surface area contributed by atoms with Crippen molar-refractivity contribution in [1.82, 2.24) is 0 Å². The molecule has 0 amide bonds. The molecule has 104 valence electrons. The molecular weight excluding hydrogens is 354 g/mol. The quantitative estimate of drug-likeness (QED) is 0.540. The Morgan fingerprint density at radius 2 is 1.16 bits per heavy atom. The van der Waals surface area contributed by atoms with Crippen molar-refractivity contribution in [3.63, 3.8) is 0 Å². The zero-order valence-electron chi connectivity index (χ0n) is 12.2. The maximum absolute atomic E-state index is 3.28. The summed E-state index contributed by atoms with van der Waals surface area (Å²) in [6.45, 7) is 8.65. The largest absolute Gasteiger partial charge is 4.00 e. The molecule has 3 heteroatoms. The van der Waals surface area contributed by atoms with E-state index in [2.05, 4.69) is 52.0 Å². The minimum absolute atomic E-state index is 0. The van der Waals surface area contributed by atoms with Gasteiger partial charge in [-0.3, -0.25) is 12.2 Å². The Morgan fingerprint density at radius 1 is 0.842 bits per heavy atom. The van der Waals surface area contributed by atoms with Crippen LogP contribution in [0.1, 0.15) is 53.4 Å². The van der Waals surface area contributed by atoms with E-state index in [0.29, 0.717) is 0 Å². The zero-order valence-corrected chi connectivity index (χ0v) is 16.2. The summed E-state index contributed by atoms with van der Waals surface area (Å²) in [5, 5.41) is 0. The van der Waals surface area contributed by atoms with Crippen molar-refractivity contribution in [1.29, 1.82) is 0 Å². The summed E-state index contributed by atoms with van der Waals surface area (Å²) in [5.74, 6) is 0. The Balaban J connectivity index is -0.000000233. The first-order valence-electron chi connectivity index (χ1n) is 6.22. The Kier molecular flexibility index (Phi) is 17.2. The van der Waals surface area contributed by atoms with Gasteiger partial charge >= 0.3 is 26.2 Å². The van der Waals surface area contributed by atoms with Gasteiger partial charge < -0.3 is 24.8 Å². The van der Waals surface area contributed by atoms with Crippen LogP contribution in [0.2, 0.25) is 0 Å². The third-order valence-corrected chi connectivity index (χ3v) is 3.11. The van der Waals surface area contributed by atoms with E-state index in [0.717, 1.165) is 25.7 Å². The van der Waals surface area contributed by atoms with Crippen LogP contribution in [0.3, 0.4) is 0 Å². The number of rotatable bonds is 2. The maximum atomic E-state index is 3.28. The molecule has 0 nitrogen and oxygen atoms in total. The van der Waals surface area contributed by atoms with E-state index in [4.69, 9.17) is 0 Å². The second-order valence-corrected chi connectivity index (χ2v) is 4.20. The first kappa shape index (κ1) is 24.4. The predicted molar refractivity (Wildman–Crippen MR) is 70.8 cm³/mol. The summed E-state index contributed by atoms with van der Waals surface area (Å²) in [7, 11) is 0. The molecule has 2 rings (SSSR count). The fourth-order valence-electron chi connectivity index (χ4n) is 1.99. The van der Waals surface area contributed by atoms with Crippen LogP contribution in [0.5, 0.6) is 0 Å². The van der Waals surface area contributed by atoms with E-state index in [9.17, 15) is 0 Å². The summed E-state index contributed by atoms with van der Waals surface area (Å²) < 4.78 is 0. The topological polar surface area (TPSA) is 0 Å². The Labute approximate surface area is 150 Å². The fourth-order valence-corrected chi connectivity index (χ4v) is 1.99. The number of halogens is 2. The van der Waals surface area contributed by atoms with E-state index in [-0.39, 0.29) is 51.0 Å². The van der Waals surface area contributed by atoms with Gasteiger partial charge in [-0.2, -0.15) is 12.2 Å². The summed E-state index contributed by atoms with van der Waals surface area (Å²) in [6, 6.07) is 0. The van der Waals surface area contributed by atoms with Crippen LogP contribution in [-0.4, -0.2) is 0 Å². The van der Waals surface area contributed by atoms with Gasteiger partial charge in [0, 0.05) is 0 Å². The van der Waals surface area contributed by atoms with Gasteiger partial charge in [-0.15, -0.1) is 26.7 Å². The summed E-state index contributed by atoms with van der Waals surface area (Å²) in [6.07, 6.45) is 15.4. The number of hydrogen-bond acceptors (Lipinski definition) is 0. The molecule has 2 aliphatic rings. The van der Waals surface area contributed by atoms with Crippen molar-refractivity contribution in [3.05, 3.63) is 46.6 Å². The van der Waals surface area contributed by atoms with Crippen molar-refractivity contribution in [2.45, 2.75) is 53.4 Å². The standard InChI is InChI=1S/2C8H11.2ClH.Zr/c2*1-3-8-6-4-5-7(8)2;;;/h2*5H,3-4H2,1-2H3;2*1H;/q2*-1;;;+4/p-2. The average Bonchev–Trinajstić information content (AvgIpc) is 2.87. The molecule has 0 N–H and O–H groups in total. The number of allylic oxidation sites excluding steroid dienone is 8. The summed E-state index contributed by atoms with van der Waals surface area (Å²) >= 11 is 0. The van der Waals surface area contributed by atoms with Gasteiger partial charge in [0.25, 0.3) is 0 Å². The molecule has 0 saturated carbocycles. The van der Waals surface area contributed by atoms with Crippen LogP contribution in [0.25, 0.3) is 0 Å². The zero-order chi connectivity index (χ0) is 12.0. The monoisotopic (exact) mass is 374 g/mol. The Bertz CT molecular complexity index is 327. The van der Waals surface area contributed by atoms with E-state index >= 15 is 0 Å². The minimum atomic E-state index is 0. The molecule has 0 fully saturated rings. The van der Waals surface area contributed by atoms with Gasteiger partial charge in [0.05, 0.1) is 0 Å². The van der Waals surface area contributed by atoms with Crippen LogP contribution >= 0.6 is 0 Å². The molecular formula is C16H22Cl2Zr. The van der Waals surface area contributed by atoms with Crippen molar-refractivity contribution >= 4 is 0 Å². The molecule has 0 aromatic rings. The van der Waals surface area contributed by atoms with Crippen molar-refractivity contribution in [3.8, 4) is 0 Å². The average molecular weight is 376 g/mol. The van der Waals surface area contributed by atoms with E-state index in [1.165, 1.54) is 22.3 Å². The van der Waals surface area contributed by atoms with E-state index < -0.39 is 0 Å². The smallest absolute Gasteiger partial charge is 1.00 e. The third-order valence-electron chi connectivity index (χ3n) is 3.11. The van der Waals surface area contributed by atoms with Gasteiger partial charge in [-0.1, -0.05) is 26.7 Å². The molecule has 0 aromatic carbocycles. The van der Waals surface area contributed by atoms with Gasteiger partial charge in [-0.05, 0) is 0 Å². The first-order valence-corrected chi connectivity index (χ1v) is 6.22. The second-order valence-electron chi connectivity index (χ2n) is 4.20. The molecule has 0 atom stereocenters. The minimum Gasteiger partial charge on any atom is -1.00 e. The van der Waals surface area contributed by atoms with Crippen LogP contribution in [0, 0.1) is 12.2 Å². The molecule has 0 aliphatic heterocycles. The van der Waals surface area contributed by atoms with Crippen LogP contribution in [0.15, 0.2) is 34.4 Å². The molecule has 0 saturated heterocycles. The summed E-state index contributed by atoms with van der Waals surface area (Å²) in [5.41, 5.74) is 5.66. The normalized spacial score (nSPS) is 15.4. The van der Waals surface area contributed by atoms with Gasteiger partial charge in [-0.25, -0.2) is 22.3 Å². The van der Waals surface area contributed by atoms with Gasteiger partial charge in [0.1, 0.15) is 0 Å². The molecule has 0 bridgehead atoms. The molecule has 2 aliphatic carbocycles. The molecule has 0 aromatic heterocycles. The van der Waals surface area contributed by atoms with Crippen molar-refractivity contribution < 1.29 is 51.0 Å². The molecule has 0 heterocycles. The van der Waals surface area contributed by atoms with Crippen molar-refractivity contribution in [2.75, 3.05) is 0 Å². The SMILES string of the molecule is CCC1=[C-]CC=C1C.CCC1=[C-]CC=C1C.[Cl-].[Cl-].[Zr+4]. The van der Waals surface area contributed by atoms with Crippen LogP contribution in [0.4, 0.5) is 0 Å². The molecule has 19 heavy (non-hydrogen) atoms. The molecule has 0 unspecified atom stereocenters. The molecule has 0 spiro atoms. The van der Waals surface area contributed by atoms with Crippen molar-refractivity contribution in [2.24, 2.45) is 0 Å². The fraction of sp³-hybridized carbons (Fsp3) is 0.500.